The average Bonchev–Trinajstić information content (AvgIpc) is 3.09. The van der Waals surface area contributed by atoms with Crippen molar-refractivity contribution in [2.45, 2.75) is 20.3 Å². The summed E-state index contributed by atoms with van der Waals surface area (Å²) in [6, 6.07) is 17.7. The van der Waals surface area contributed by atoms with Gasteiger partial charge in [0.05, 0.1) is 22.2 Å². The summed E-state index contributed by atoms with van der Waals surface area (Å²) in [5.74, 6) is 0. The summed E-state index contributed by atoms with van der Waals surface area (Å²) in [6.07, 6.45) is 0.922. The van der Waals surface area contributed by atoms with Gasteiger partial charge in [-0.1, -0.05) is 49.4 Å². The molecule has 0 unspecified atom stereocenters. The number of benzene rings is 2. The minimum atomic E-state index is -0.589. The van der Waals surface area contributed by atoms with E-state index in [-0.39, 0.29) is 5.65 Å². The van der Waals surface area contributed by atoms with Gasteiger partial charge < -0.3 is 0 Å². The van der Waals surface area contributed by atoms with Gasteiger partial charge >= 0.3 is 5.69 Å². The highest BCUT2D eigenvalue weighted by Crippen LogP contribution is 2.35. The van der Waals surface area contributed by atoms with Gasteiger partial charge in [0.1, 0.15) is 5.65 Å². The molecule has 7 heteroatoms. The van der Waals surface area contributed by atoms with Crippen molar-refractivity contribution in [2.24, 2.45) is 0 Å². The zero-order valence-electron chi connectivity index (χ0n) is 16.6. The Morgan fingerprint density at radius 2 is 1.67 bits per heavy atom. The Balaban J connectivity index is 1.97. The van der Waals surface area contributed by atoms with E-state index in [1.54, 1.807) is 4.68 Å². The van der Waals surface area contributed by atoms with E-state index in [1.165, 1.54) is 5.56 Å². The number of rotatable bonds is 3. The first kappa shape index (κ1) is 18.1. The van der Waals surface area contributed by atoms with Crippen LogP contribution in [0.15, 0.2) is 64.2 Å². The normalized spacial score (nSPS) is 11.4. The van der Waals surface area contributed by atoms with Crippen LogP contribution in [0.2, 0.25) is 0 Å². The van der Waals surface area contributed by atoms with Gasteiger partial charge in [0.15, 0.2) is 5.65 Å². The van der Waals surface area contributed by atoms with Crippen LogP contribution in [0.4, 0.5) is 0 Å². The lowest BCUT2D eigenvalue weighted by Gasteiger charge is -2.10. The number of hydrogen-bond acceptors (Lipinski definition) is 4. The fourth-order valence-electron chi connectivity index (χ4n) is 3.88. The second-order valence-electron chi connectivity index (χ2n) is 7.20. The van der Waals surface area contributed by atoms with Crippen LogP contribution in [0.3, 0.4) is 0 Å². The monoisotopic (exact) mass is 397 g/mol. The summed E-state index contributed by atoms with van der Waals surface area (Å²) in [5, 5.41) is 5.84. The highest BCUT2D eigenvalue weighted by molar-refractivity contribution is 6.08. The molecule has 148 valence electrons. The van der Waals surface area contributed by atoms with Crippen molar-refractivity contribution in [3.8, 4) is 16.8 Å². The Kier molecular flexibility index (Phi) is 4.10. The van der Waals surface area contributed by atoms with Gasteiger partial charge in [0, 0.05) is 5.56 Å². The molecule has 5 rings (SSSR count). The van der Waals surface area contributed by atoms with Crippen LogP contribution in [-0.2, 0) is 6.42 Å². The molecular formula is C23H19N5O2. The molecule has 0 amide bonds. The number of aryl methyl sites for hydroxylation is 2. The van der Waals surface area contributed by atoms with E-state index in [1.807, 2.05) is 61.5 Å². The fraction of sp³-hybridized carbons (Fsp3) is 0.130. The van der Waals surface area contributed by atoms with Gasteiger partial charge in [0.2, 0.25) is 0 Å². The molecule has 0 spiro atoms. The summed E-state index contributed by atoms with van der Waals surface area (Å²) in [7, 11) is 0. The lowest BCUT2D eigenvalue weighted by atomic mass is 9.97. The molecule has 2 N–H and O–H groups in total. The van der Waals surface area contributed by atoms with E-state index in [9.17, 15) is 9.59 Å². The first-order valence-corrected chi connectivity index (χ1v) is 9.77. The van der Waals surface area contributed by atoms with Crippen molar-refractivity contribution in [1.29, 1.82) is 0 Å². The Bertz CT molecular complexity index is 1510. The maximum Gasteiger partial charge on any atom is 0.327 e. The Morgan fingerprint density at radius 1 is 0.933 bits per heavy atom. The number of fused-ring (bicyclic) bond motifs is 2. The number of nitrogens with zero attached hydrogens (tertiary/aromatic N) is 3. The van der Waals surface area contributed by atoms with Crippen LogP contribution in [0.5, 0.6) is 0 Å². The second kappa shape index (κ2) is 6.81. The Morgan fingerprint density at radius 3 is 2.37 bits per heavy atom. The molecule has 0 bridgehead atoms. The van der Waals surface area contributed by atoms with Crippen molar-refractivity contribution in [2.75, 3.05) is 0 Å². The van der Waals surface area contributed by atoms with Crippen LogP contribution in [0.1, 0.15) is 18.2 Å². The largest absolute Gasteiger partial charge is 0.327 e. The smallest absolute Gasteiger partial charge is 0.291 e. The summed E-state index contributed by atoms with van der Waals surface area (Å²) in [4.78, 5) is 34.4. The Labute approximate surface area is 171 Å². The van der Waals surface area contributed by atoms with E-state index >= 15 is 0 Å². The third-order valence-electron chi connectivity index (χ3n) is 5.33. The maximum absolute atomic E-state index is 12.8. The number of pyridine rings is 1. The van der Waals surface area contributed by atoms with Crippen molar-refractivity contribution < 1.29 is 0 Å². The van der Waals surface area contributed by atoms with E-state index in [2.05, 4.69) is 21.9 Å². The third kappa shape index (κ3) is 2.75. The predicted molar refractivity (Wildman–Crippen MR) is 117 cm³/mol. The molecule has 7 nitrogen and oxygen atoms in total. The number of para-hydroxylation sites is 1. The molecular weight excluding hydrogens is 378 g/mol. The minimum absolute atomic E-state index is 0.239. The van der Waals surface area contributed by atoms with Gasteiger partial charge in [-0.2, -0.15) is 5.10 Å². The second-order valence-corrected chi connectivity index (χ2v) is 7.20. The fourth-order valence-corrected chi connectivity index (χ4v) is 3.88. The number of nitrogens with one attached hydrogen (secondary N) is 2. The molecule has 0 radical (unpaired) electrons. The van der Waals surface area contributed by atoms with E-state index in [0.717, 1.165) is 34.3 Å². The number of hydrogen-bond donors (Lipinski definition) is 2. The summed E-state index contributed by atoms with van der Waals surface area (Å²) in [6.45, 7) is 4.00. The molecule has 3 heterocycles. The molecule has 5 aromatic rings. The van der Waals surface area contributed by atoms with Crippen molar-refractivity contribution in [3.63, 3.8) is 0 Å². The van der Waals surface area contributed by atoms with Crippen LogP contribution in [-0.4, -0.2) is 24.7 Å². The van der Waals surface area contributed by atoms with Crippen molar-refractivity contribution in [1.82, 2.24) is 24.7 Å². The molecule has 2 aromatic carbocycles. The number of H-pyrrole nitrogens is 2. The van der Waals surface area contributed by atoms with E-state index < -0.39 is 11.2 Å². The first-order valence-electron chi connectivity index (χ1n) is 9.77. The summed E-state index contributed by atoms with van der Waals surface area (Å²) < 4.78 is 1.74. The zero-order valence-corrected chi connectivity index (χ0v) is 16.6. The highest BCUT2D eigenvalue weighted by atomic mass is 16.2. The topological polar surface area (TPSA) is 96.4 Å². The number of aromatic amines is 2. The van der Waals surface area contributed by atoms with Gasteiger partial charge in [0.25, 0.3) is 5.56 Å². The Hall–Kier alpha value is -4.00. The molecule has 30 heavy (non-hydrogen) atoms. The van der Waals surface area contributed by atoms with Crippen LogP contribution in [0.25, 0.3) is 38.9 Å². The van der Waals surface area contributed by atoms with E-state index in [0.29, 0.717) is 11.0 Å². The molecule has 0 aliphatic carbocycles. The molecule has 0 saturated carbocycles. The quantitative estimate of drug-likeness (QED) is 0.487. The van der Waals surface area contributed by atoms with Gasteiger partial charge in [-0.3, -0.25) is 14.8 Å². The molecule has 3 aromatic heterocycles. The summed E-state index contributed by atoms with van der Waals surface area (Å²) >= 11 is 0. The van der Waals surface area contributed by atoms with Crippen molar-refractivity contribution >= 4 is 22.1 Å². The maximum atomic E-state index is 12.8. The highest BCUT2D eigenvalue weighted by Gasteiger charge is 2.21. The third-order valence-corrected chi connectivity index (χ3v) is 5.33. The zero-order chi connectivity index (χ0) is 20.8. The molecule has 0 saturated heterocycles. The van der Waals surface area contributed by atoms with Crippen molar-refractivity contribution in [3.05, 3.63) is 86.7 Å². The molecule has 0 fully saturated rings. The van der Waals surface area contributed by atoms with Gasteiger partial charge in [-0.15, -0.1) is 0 Å². The molecule has 0 aliphatic heterocycles. The minimum Gasteiger partial charge on any atom is -0.291 e. The lowest BCUT2D eigenvalue weighted by Crippen LogP contribution is -2.23. The van der Waals surface area contributed by atoms with Crippen LogP contribution in [0, 0.1) is 6.92 Å². The van der Waals surface area contributed by atoms with Crippen LogP contribution < -0.4 is 11.2 Å². The standard InChI is InChI=1S/C23H19N5O2/c1-3-14-9-11-15(12-10-14)18-17-13(2)27-28(16-7-5-4-6-8-16)21(17)24-20-19(18)22(29)26-23(30)25-20/h4-12H,3H2,1-2H3,(H2,24,25,26,29,30). The van der Waals surface area contributed by atoms with Gasteiger partial charge in [-0.05, 0) is 36.6 Å². The van der Waals surface area contributed by atoms with Gasteiger partial charge in [-0.25, -0.2) is 14.5 Å². The lowest BCUT2D eigenvalue weighted by molar-refractivity contribution is 0.878. The average molecular weight is 397 g/mol. The van der Waals surface area contributed by atoms with E-state index in [4.69, 9.17) is 5.10 Å². The SMILES string of the molecule is CCc1ccc(-c2c3c(C)nn(-c4ccccc4)c3nc3[nH]c(=O)[nH]c(=O)c23)cc1. The first-order chi connectivity index (χ1) is 14.6. The predicted octanol–water partition coefficient (Wildman–Crippen LogP) is 3.49. The molecule has 0 atom stereocenters. The van der Waals surface area contributed by atoms with Crippen LogP contribution >= 0.6 is 0 Å². The number of aromatic nitrogens is 5. The summed E-state index contributed by atoms with van der Waals surface area (Å²) in [5.41, 5.74) is 4.16. The molecule has 0 aliphatic rings.